The molecule has 10 heteroatoms. The topological polar surface area (TPSA) is 117 Å². The van der Waals surface area contributed by atoms with E-state index in [2.05, 4.69) is 20.3 Å². The molecule has 1 aliphatic rings. The average molecular weight is 400 g/mol. The van der Waals surface area contributed by atoms with Gasteiger partial charge in [0.25, 0.3) is 0 Å². The SMILES string of the molecule is O=c1[nH]c2ccc(Nc3ncnc4sc5c(c34)CCC(N([O-])O)C5)cc2s1. The van der Waals surface area contributed by atoms with Crippen LogP contribution in [0.4, 0.5) is 11.5 Å². The van der Waals surface area contributed by atoms with Crippen molar-refractivity contribution >= 4 is 54.6 Å². The van der Waals surface area contributed by atoms with E-state index in [-0.39, 0.29) is 10.1 Å². The molecule has 5 rings (SSSR count). The Hall–Kier alpha value is -2.37. The third-order valence-electron chi connectivity index (χ3n) is 4.82. The van der Waals surface area contributed by atoms with E-state index in [1.807, 2.05) is 18.2 Å². The van der Waals surface area contributed by atoms with Gasteiger partial charge in [-0.1, -0.05) is 11.3 Å². The van der Waals surface area contributed by atoms with E-state index in [0.29, 0.717) is 25.1 Å². The number of rotatable bonds is 3. The fraction of sp³-hybridized carbons (Fsp3) is 0.235. The van der Waals surface area contributed by atoms with Gasteiger partial charge in [0.2, 0.25) is 0 Å². The number of thiazole rings is 1. The molecule has 0 radical (unpaired) electrons. The van der Waals surface area contributed by atoms with Crippen molar-refractivity contribution in [3.05, 3.63) is 49.8 Å². The Morgan fingerprint density at radius 1 is 1.33 bits per heavy atom. The molecule has 1 aliphatic carbocycles. The van der Waals surface area contributed by atoms with Gasteiger partial charge in [-0.15, -0.1) is 11.3 Å². The summed E-state index contributed by atoms with van der Waals surface area (Å²) in [7, 11) is 0. The standard InChI is InChI=1S/C17H14N5O3S2/c23-17-21-11-4-1-8(5-13(11)27-17)20-15-14-10-3-2-9(22(24)25)6-12(10)26-16(14)19-7-18-15/h1,4-5,7,9,24H,2-3,6H2,(H,21,23)(H,18,19,20)/q-1. The van der Waals surface area contributed by atoms with Crippen LogP contribution in [0.3, 0.4) is 0 Å². The van der Waals surface area contributed by atoms with E-state index in [1.165, 1.54) is 29.0 Å². The number of hydroxylamine groups is 2. The third kappa shape index (κ3) is 2.91. The molecule has 1 aromatic carbocycles. The molecule has 8 nitrogen and oxygen atoms in total. The fourth-order valence-corrected chi connectivity index (χ4v) is 5.57. The Balaban J connectivity index is 1.56. The Kier molecular flexibility index (Phi) is 3.95. The predicted octanol–water partition coefficient (Wildman–Crippen LogP) is 3.38. The van der Waals surface area contributed by atoms with Gasteiger partial charge in [0.05, 0.1) is 15.6 Å². The second-order valence-corrected chi connectivity index (χ2v) is 8.55. The van der Waals surface area contributed by atoms with Crippen LogP contribution in [-0.2, 0) is 12.8 Å². The van der Waals surface area contributed by atoms with Gasteiger partial charge < -0.3 is 20.7 Å². The lowest BCUT2D eigenvalue weighted by Gasteiger charge is -2.33. The number of hydrogen-bond acceptors (Lipinski definition) is 9. The fourth-order valence-electron chi connectivity index (χ4n) is 3.54. The van der Waals surface area contributed by atoms with Crippen molar-refractivity contribution in [3.8, 4) is 0 Å². The molecule has 0 amide bonds. The van der Waals surface area contributed by atoms with Crippen LogP contribution >= 0.6 is 22.7 Å². The van der Waals surface area contributed by atoms with Crippen molar-refractivity contribution in [2.45, 2.75) is 25.3 Å². The molecule has 0 spiro atoms. The minimum Gasteiger partial charge on any atom is -0.762 e. The summed E-state index contributed by atoms with van der Waals surface area (Å²) in [6.07, 6.45) is 3.32. The molecule has 0 saturated heterocycles. The molecule has 0 bridgehead atoms. The van der Waals surface area contributed by atoms with Crippen molar-refractivity contribution in [1.82, 2.24) is 20.2 Å². The van der Waals surface area contributed by atoms with E-state index in [1.54, 1.807) is 0 Å². The van der Waals surface area contributed by atoms with Crippen molar-refractivity contribution in [3.63, 3.8) is 0 Å². The molecule has 1 unspecified atom stereocenters. The van der Waals surface area contributed by atoms with Gasteiger partial charge >= 0.3 is 4.87 Å². The first-order chi connectivity index (χ1) is 13.1. The number of nitrogens with zero attached hydrogens (tertiary/aromatic N) is 3. The number of aromatic amines is 1. The normalized spacial score (nSPS) is 16.9. The van der Waals surface area contributed by atoms with Gasteiger partial charge in [-0.05, 0) is 43.0 Å². The van der Waals surface area contributed by atoms with Crippen LogP contribution in [0.1, 0.15) is 16.9 Å². The van der Waals surface area contributed by atoms with Gasteiger partial charge in [-0.2, -0.15) is 0 Å². The molecule has 3 heterocycles. The molecule has 0 aliphatic heterocycles. The highest BCUT2D eigenvalue weighted by molar-refractivity contribution is 7.19. The van der Waals surface area contributed by atoms with Crippen LogP contribution in [-0.4, -0.2) is 31.4 Å². The summed E-state index contributed by atoms with van der Waals surface area (Å²) in [6, 6.07) is 5.27. The minimum absolute atomic E-state index is 0.0652. The summed E-state index contributed by atoms with van der Waals surface area (Å²) in [5.74, 6) is 0.709. The molecule has 1 atom stereocenters. The third-order valence-corrected chi connectivity index (χ3v) is 6.82. The van der Waals surface area contributed by atoms with Crippen LogP contribution in [0.25, 0.3) is 20.4 Å². The summed E-state index contributed by atoms with van der Waals surface area (Å²) in [5, 5.41) is 24.9. The Bertz CT molecular complexity index is 1210. The lowest BCUT2D eigenvalue weighted by atomic mass is 9.93. The van der Waals surface area contributed by atoms with Crippen LogP contribution in [0, 0.1) is 5.21 Å². The molecule has 138 valence electrons. The second kappa shape index (κ2) is 6.36. The second-order valence-electron chi connectivity index (χ2n) is 6.46. The number of hydrogen-bond donors (Lipinski definition) is 3. The summed E-state index contributed by atoms with van der Waals surface area (Å²) < 4.78 is 0.879. The first-order valence-electron chi connectivity index (χ1n) is 8.39. The Morgan fingerprint density at radius 3 is 3.07 bits per heavy atom. The van der Waals surface area contributed by atoms with Crippen LogP contribution in [0.2, 0.25) is 0 Å². The molecule has 4 aromatic rings. The highest BCUT2D eigenvalue weighted by Crippen LogP contribution is 2.39. The zero-order valence-electron chi connectivity index (χ0n) is 13.9. The van der Waals surface area contributed by atoms with Crippen LogP contribution in [0.15, 0.2) is 29.3 Å². The summed E-state index contributed by atoms with van der Waals surface area (Å²) in [4.78, 5) is 25.0. The van der Waals surface area contributed by atoms with Crippen molar-refractivity contribution < 1.29 is 5.21 Å². The van der Waals surface area contributed by atoms with E-state index in [0.717, 1.165) is 36.6 Å². The first-order valence-corrected chi connectivity index (χ1v) is 10.0. The van der Waals surface area contributed by atoms with Gasteiger partial charge in [-0.3, -0.25) is 10.0 Å². The van der Waals surface area contributed by atoms with Crippen LogP contribution < -0.4 is 10.2 Å². The lowest BCUT2D eigenvalue weighted by Crippen LogP contribution is -2.32. The minimum atomic E-state index is -0.409. The molecule has 27 heavy (non-hydrogen) atoms. The highest BCUT2D eigenvalue weighted by Gasteiger charge is 2.25. The molecule has 3 N–H and O–H groups in total. The molecular formula is C17H14N5O3S2-. The maximum atomic E-state index is 11.5. The van der Waals surface area contributed by atoms with Crippen molar-refractivity contribution in [2.24, 2.45) is 0 Å². The highest BCUT2D eigenvalue weighted by atomic mass is 32.1. The van der Waals surface area contributed by atoms with Gasteiger partial charge in [0, 0.05) is 16.6 Å². The molecule has 3 aromatic heterocycles. The summed E-state index contributed by atoms with van der Waals surface area (Å²) in [6.45, 7) is 0. The number of nitrogens with one attached hydrogen (secondary N) is 2. The Labute approximate surface area is 160 Å². The van der Waals surface area contributed by atoms with Crippen molar-refractivity contribution in [1.29, 1.82) is 0 Å². The van der Waals surface area contributed by atoms with Gasteiger partial charge in [-0.25, -0.2) is 9.97 Å². The number of aromatic nitrogens is 3. The number of anilines is 2. The van der Waals surface area contributed by atoms with Gasteiger partial charge in [0.15, 0.2) is 0 Å². The zero-order valence-corrected chi connectivity index (χ0v) is 15.6. The van der Waals surface area contributed by atoms with E-state index < -0.39 is 6.04 Å². The molecular weight excluding hydrogens is 386 g/mol. The number of benzene rings is 1. The maximum absolute atomic E-state index is 11.5. The molecule has 0 fully saturated rings. The van der Waals surface area contributed by atoms with Gasteiger partial charge in [0.1, 0.15) is 17.0 Å². The monoisotopic (exact) mass is 400 g/mol. The first kappa shape index (κ1) is 16.8. The molecule has 0 saturated carbocycles. The number of thiophene rings is 1. The zero-order chi connectivity index (χ0) is 18.5. The predicted molar refractivity (Wildman–Crippen MR) is 106 cm³/mol. The van der Waals surface area contributed by atoms with Crippen molar-refractivity contribution in [2.75, 3.05) is 5.32 Å². The number of fused-ring (bicyclic) bond motifs is 4. The van der Waals surface area contributed by atoms with E-state index in [4.69, 9.17) is 0 Å². The maximum Gasteiger partial charge on any atom is 0.305 e. The Morgan fingerprint density at radius 2 is 2.22 bits per heavy atom. The summed E-state index contributed by atoms with van der Waals surface area (Å²) in [5.41, 5.74) is 2.80. The largest absolute Gasteiger partial charge is 0.762 e. The summed E-state index contributed by atoms with van der Waals surface area (Å²) >= 11 is 2.71. The lowest BCUT2D eigenvalue weighted by molar-refractivity contribution is -0.0818. The van der Waals surface area contributed by atoms with Crippen LogP contribution in [0.5, 0.6) is 0 Å². The quantitative estimate of drug-likeness (QED) is 0.451. The van der Waals surface area contributed by atoms with E-state index >= 15 is 0 Å². The number of aryl methyl sites for hydroxylation is 1. The van der Waals surface area contributed by atoms with E-state index in [9.17, 15) is 15.2 Å². The smallest absolute Gasteiger partial charge is 0.305 e. The average Bonchev–Trinajstić information content (AvgIpc) is 3.20. The number of H-pyrrole nitrogens is 1.